The molecule has 0 aliphatic carbocycles. The van der Waals surface area contributed by atoms with Crippen LogP contribution >= 0.6 is 11.6 Å². The van der Waals surface area contributed by atoms with E-state index in [9.17, 15) is 4.39 Å². The van der Waals surface area contributed by atoms with Crippen LogP contribution in [0.5, 0.6) is 0 Å². The van der Waals surface area contributed by atoms with Crippen LogP contribution in [0.25, 0.3) is 0 Å². The molecule has 2 rings (SSSR count). The van der Waals surface area contributed by atoms with Crippen molar-refractivity contribution in [2.75, 3.05) is 24.5 Å². The van der Waals surface area contributed by atoms with E-state index in [1.165, 1.54) is 0 Å². The molecule has 0 aromatic carbocycles. The Bertz CT molecular complexity index is 309. The first kappa shape index (κ1) is 10.6. The molecular weight excluding hydrogens is 217 g/mol. The van der Waals surface area contributed by atoms with E-state index in [4.69, 9.17) is 11.6 Å². The number of alkyl halides is 2. The molecule has 0 bridgehead atoms. The van der Waals surface area contributed by atoms with E-state index in [0.717, 1.165) is 12.2 Å². The highest BCUT2D eigenvalue weighted by molar-refractivity contribution is 6.20. The van der Waals surface area contributed by atoms with E-state index in [2.05, 4.69) is 10.3 Å². The third-order valence-electron chi connectivity index (χ3n) is 2.44. The average molecular weight is 230 g/mol. The van der Waals surface area contributed by atoms with Crippen molar-refractivity contribution in [3.05, 3.63) is 24.5 Å². The Morgan fingerprint density at radius 1 is 1.60 bits per heavy atom. The summed E-state index contributed by atoms with van der Waals surface area (Å²) in [6.07, 6.45) is 2.38. The zero-order valence-electron chi connectivity index (χ0n) is 8.24. The van der Waals surface area contributed by atoms with Crippen LogP contribution in [0.4, 0.5) is 10.1 Å². The molecule has 1 aromatic rings. The van der Waals surface area contributed by atoms with Gasteiger partial charge in [0.1, 0.15) is 11.7 Å². The molecule has 1 fully saturated rings. The topological polar surface area (TPSA) is 28.2 Å². The van der Waals surface area contributed by atoms with Crippen LogP contribution in [0.3, 0.4) is 0 Å². The van der Waals surface area contributed by atoms with Gasteiger partial charge in [-0.25, -0.2) is 4.39 Å². The lowest BCUT2D eigenvalue weighted by Crippen LogP contribution is -2.34. The van der Waals surface area contributed by atoms with Gasteiger partial charge in [-0.15, -0.1) is 11.6 Å². The van der Waals surface area contributed by atoms with Crippen molar-refractivity contribution in [3.63, 3.8) is 0 Å². The lowest BCUT2D eigenvalue weighted by Gasteiger charge is -2.22. The minimum Gasteiger partial charge on any atom is -0.366 e. The Balaban J connectivity index is 2.10. The molecule has 1 aromatic heterocycles. The molecule has 1 N–H and O–H groups in total. The molecule has 2 unspecified atom stereocenters. The molecular formula is C10H13ClFN3. The lowest BCUT2D eigenvalue weighted by atomic mass is 10.3. The van der Waals surface area contributed by atoms with Crippen molar-refractivity contribution in [2.45, 2.75) is 11.7 Å². The van der Waals surface area contributed by atoms with Gasteiger partial charge >= 0.3 is 0 Å². The smallest absolute Gasteiger partial charge is 0.147 e. The Labute approximate surface area is 93.2 Å². The van der Waals surface area contributed by atoms with Crippen molar-refractivity contribution in [1.82, 2.24) is 10.3 Å². The average Bonchev–Trinajstić information content (AvgIpc) is 2.43. The largest absolute Gasteiger partial charge is 0.366 e. The summed E-state index contributed by atoms with van der Waals surface area (Å²) < 4.78 is 13.5. The Kier molecular flexibility index (Phi) is 3.38. The molecule has 0 radical (unpaired) electrons. The number of halogens is 2. The van der Waals surface area contributed by atoms with Crippen molar-refractivity contribution in [2.24, 2.45) is 0 Å². The molecule has 2 heterocycles. The second-order valence-electron chi connectivity index (χ2n) is 3.53. The van der Waals surface area contributed by atoms with Crippen LogP contribution in [0, 0.1) is 0 Å². The first-order chi connectivity index (χ1) is 7.27. The van der Waals surface area contributed by atoms with Crippen LogP contribution in [-0.2, 0) is 0 Å². The summed E-state index contributed by atoms with van der Waals surface area (Å²) in [5, 5.41) is 2.92. The Morgan fingerprint density at radius 3 is 3.20 bits per heavy atom. The number of rotatable bonds is 1. The SMILES string of the molecule is FC1CN(c2cccnc2)CCNC1Cl. The molecule has 82 valence electrons. The quantitative estimate of drug-likeness (QED) is 0.583. The normalized spacial score (nSPS) is 27.5. The Hall–Kier alpha value is -0.870. The van der Waals surface area contributed by atoms with Crippen molar-refractivity contribution in [3.8, 4) is 0 Å². The van der Waals surface area contributed by atoms with Gasteiger partial charge in [-0.3, -0.25) is 10.3 Å². The molecule has 2 atom stereocenters. The fourth-order valence-electron chi connectivity index (χ4n) is 1.63. The van der Waals surface area contributed by atoms with Gasteiger partial charge in [-0.2, -0.15) is 0 Å². The molecule has 1 aliphatic heterocycles. The van der Waals surface area contributed by atoms with Gasteiger partial charge in [0.15, 0.2) is 0 Å². The summed E-state index contributed by atoms with van der Waals surface area (Å²) in [4.78, 5) is 5.97. The highest BCUT2D eigenvalue weighted by Gasteiger charge is 2.24. The van der Waals surface area contributed by atoms with Crippen molar-refractivity contribution >= 4 is 17.3 Å². The second-order valence-corrected chi connectivity index (χ2v) is 4.00. The van der Waals surface area contributed by atoms with Gasteiger partial charge in [0.2, 0.25) is 0 Å². The summed E-state index contributed by atoms with van der Waals surface area (Å²) in [6, 6.07) is 3.77. The molecule has 5 heteroatoms. The summed E-state index contributed by atoms with van der Waals surface area (Å²) >= 11 is 5.80. The van der Waals surface area contributed by atoms with Gasteiger partial charge in [-0.05, 0) is 12.1 Å². The minimum atomic E-state index is -1.06. The van der Waals surface area contributed by atoms with E-state index in [1.54, 1.807) is 12.4 Å². The molecule has 0 saturated carbocycles. The number of pyridine rings is 1. The molecule has 15 heavy (non-hydrogen) atoms. The van der Waals surface area contributed by atoms with Crippen LogP contribution < -0.4 is 10.2 Å². The van der Waals surface area contributed by atoms with E-state index < -0.39 is 11.7 Å². The molecule has 1 saturated heterocycles. The number of aromatic nitrogens is 1. The van der Waals surface area contributed by atoms with Crippen molar-refractivity contribution < 1.29 is 4.39 Å². The summed E-state index contributed by atoms with van der Waals surface area (Å²) in [7, 11) is 0. The number of anilines is 1. The predicted molar refractivity (Wildman–Crippen MR) is 59.0 cm³/mol. The zero-order valence-corrected chi connectivity index (χ0v) is 8.99. The van der Waals surface area contributed by atoms with Crippen LogP contribution in [-0.4, -0.2) is 36.3 Å². The van der Waals surface area contributed by atoms with E-state index >= 15 is 0 Å². The highest BCUT2D eigenvalue weighted by atomic mass is 35.5. The summed E-state index contributed by atoms with van der Waals surface area (Å²) in [5.74, 6) is 0. The standard InChI is InChI=1S/C10H13ClFN3/c11-10-9(12)7-15(5-4-14-10)8-2-1-3-13-6-8/h1-3,6,9-10,14H,4-5,7H2. The Morgan fingerprint density at radius 2 is 2.47 bits per heavy atom. The van der Waals surface area contributed by atoms with Crippen molar-refractivity contribution in [1.29, 1.82) is 0 Å². The highest BCUT2D eigenvalue weighted by Crippen LogP contribution is 2.16. The van der Waals surface area contributed by atoms with Gasteiger partial charge in [-0.1, -0.05) is 0 Å². The molecule has 0 amide bonds. The van der Waals surface area contributed by atoms with Gasteiger partial charge in [0, 0.05) is 19.3 Å². The third kappa shape index (κ3) is 2.58. The van der Waals surface area contributed by atoms with Crippen LogP contribution in [0.2, 0.25) is 0 Å². The number of hydrogen-bond acceptors (Lipinski definition) is 3. The van der Waals surface area contributed by atoms with Gasteiger partial charge < -0.3 is 4.90 Å². The number of nitrogens with one attached hydrogen (secondary N) is 1. The van der Waals surface area contributed by atoms with E-state index in [1.807, 2.05) is 17.0 Å². The lowest BCUT2D eigenvalue weighted by molar-refractivity contribution is 0.316. The zero-order chi connectivity index (χ0) is 10.7. The predicted octanol–water partition coefficient (Wildman–Crippen LogP) is 1.39. The maximum absolute atomic E-state index is 13.5. The molecule has 0 spiro atoms. The minimum absolute atomic E-state index is 0.312. The molecule has 3 nitrogen and oxygen atoms in total. The maximum Gasteiger partial charge on any atom is 0.147 e. The first-order valence-corrected chi connectivity index (χ1v) is 5.37. The summed E-state index contributed by atoms with van der Waals surface area (Å²) in [5.41, 5.74) is 0.347. The van der Waals surface area contributed by atoms with Gasteiger partial charge in [0.25, 0.3) is 0 Å². The van der Waals surface area contributed by atoms with E-state index in [0.29, 0.717) is 13.1 Å². The van der Waals surface area contributed by atoms with Gasteiger partial charge in [0.05, 0.1) is 18.4 Å². The number of hydrogen-bond donors (Lipinski definition) is 1. The van der Waals surface area contributed by atoms with Crippen LogP contribution in [0.1, 0.15) is 0 Å². The van der Waals surface area contributed by atoms with Crippen LogP contribution in [0.15, 0.2) is 24.5 Å². The second kappa shape index (κ2) is 4.77. The molecule has 1 aliphatic rings. The number of nitrogens with zero attached hydrogens (tertiary/aromatic N) is 2. The third-order valence-corrected chi connectivity index (χ3v) is 2.87. The first-order valence-electron chi connectivity index (χ1n) is 4.94. The fourth-order valence-corrected chi connectivity index (χ4v) is 1.82. The fraction of sp³-hybridized carbons (Fsp3) is 0.500. The maximum atomic E-state index is 13.5. The monoisotopic (exact) mass is 229 g/mol. The summed E-state index contributed by atoms with van der Waals surface area (Å²) in [6.45, 7) is 1.74. The van der Waals surface area contributed by atoms with E-state index in [-0.39, 0.29) is 0 Å².